The van der Waals surface area contributed by atoms with Crippen LogP contribution in [0.4, 0.5) is 0 Å². The maximum atomic E-state index is 11.4. The second-order valence-corrected chi connectivity index (χ2v) is 3.35. The molecule has 0 aliphatic carbocycles. The Morgan fingerprint density at radius 3 is 2.54 bits per heavy atom. The molecule has 3 heteroatoms. The van der Waals surface area contributed by atoms with E-state index < -0.39 is 0 Å². The zero-order valence-corrected chi connectivity index (χ0v) is 8.75. The van der Waals surface area contributed by atoms with Crippen molar-refractivity contribution >= 4 is 5.91 Å². The van der Waals surface area contributed by atoms with E-state index >= 15 is 0 Å². The molecule has 0 aromatic heterocycles. The van der Waals surface area contributed by atoms with Gasteiger partial charge in [-0.2, -0.15) is 0 Å². The number of carbonyl (C=O) groups is 1. The van der Waals surface area contributed by atoms with E-state index in [1.807, 2.05) is 0 Å². The first-order valence-electron chi connectivity index (χ1n) is 5.07. The molecule has 0 aromatic carbocycles. The molecular formula is C10H21NO2. The molecule has 0 heterocycles. The van der Waals surface area contributed by atoms with E-state index in [1.165, 1.54) is 0 Å². The van der Waals surface area contributed by atoms with Crippen LogP contribution >= 0.6 is 0 Å². The van der Waals surface area contributed by atoms with E-state index in [1.54, 1.807) is 11.9 Å². The molecule has 0 aliphatic heterocycles. The second kappa shape index (κ2) is 8.05. The van der Waals surface area contributed by atoms with Gasteiger partial charge in [0.1, 0.15) is 0 Å². The predicted octanol–water partition coefficient (Wildman–Crippen LogP) is 1.41. The van der Waals surface area contributed by atoms with E-state index in [9.17, 15) is 4.79 Å². The molecule has 0 radical (unpaired) electrons. The summed E-state index contributed by atoms with van der Waals surface area (Å²) in [5, 5.41) is 8.57. The SMILES string of the molecule is CCCCCC(=O)N(C)CCCO. The van der Waals surface area contributed by atoms with Gasteiger partial charge in [0.05, 0.1) is 0 Å². The van der Waals surface area contributed by atoms with Crippen molar-refractivity contribution < 1.29 is 9.90 Å². The van der Waals surface area contributed by atoms with Crippen molar-refractivity contribution in [1.29, 1.82) is 0 Å². The summed E-state index contributed by atoms with van der Waals surface area (Å²) >= 11 is 0. The van der Waals surface area contributed by atoms with Gasteiger partial charge in [0, 0.05) is 26.6 Å². The number of rotatable bonds is 7. The third-order valence-corrected chi connectivity index (χ3v) is 2.07. The van der Waals surface area contributed by atoms with Crippen molar-refractivity contribution in [1.82, 2.24) is 4.90 Å². The topological polar surface area (TPSA) is 40.5 Å². The average Bonchev–Trinajstić information content (AvgIpc) is 2.14. The smallest absolute Gasteiger partial charge is 0.222 e. The zero-order valence-electron chi connectivity index (χ0n) is 8.75. The lowest BCUT2D eigenvalue weighted by Crippen LogP contribution is -2.27. The lowest BCUT2D eigenvalue weighted by molar-refractivity contribution is -0.130. The molecule has 3 nitrogen and oxygen atoms in total. The molecule has 78 valence electrons. The fourth-order valence-corrected chi connectivity index (χ4v) is 1.15. The Morgan fingerprint density at radius 2 is 2.00 bits per heavy atom. The fraction of sp³-hybridized carbons (Fsp3) is 0.900. The number of aliphatic hydroxyl groups is 1. The Morgan fingerprint density at radius 1 is 1.31 bits per heavy atom. The summed E-state index contributed by atoms with van der Waals surface area (Å²) in [7, 11) is 1.80. The summed E-state index contributed by atoms with van der Waals surface area (Å²) in [5.74, 6) is 0.196. The molecule has 13 heavy (non-hydrogen) atoms. The lowest BCUT2D eigenvalue weighted by atomic mass is 10.2. The van der Waals surface area contributed by atoms with E-state index in [0.717, 1.165) is 19.3 Å². The van der Waals surface area contributed by atoms with Crippen LogP contribution in [-0.2, 0) is 4.79 Å². The van der Waals surface area contributed by atoms with Crippen LogP contribution in [-0.4, -0.2) is 36.1 Å². The Kier molecular flexibility index (Phi) is 7.69. The largest absolute Gasteiger partial charge is 0.396 e. The highest BCUT2D eigenvalue weighted by Gasteiger charge is 2.06. The molecule has 0 saturated heterocycles. The maximum Gasteiger partial charge on any atom is 0.222 e. The van der Waals surface area contributed by atoms with Crippen molar-refractivity contribution in [3.05, 3.63) is 0 Å². The van der Waals surface area contributed by atoms with Crippen molar-refractivity contribution in [2.45, 2.75) is 39.0 Å². The third-order valence-electron chi connectivity index (χ3n) is 2.07. The van der Waals surface area contributed by atoms with Gasteiger partial charge in [-0.3, -0.25) is 4.79 Å². The van der Waals surface area contributed by atoms with Gasteiger partial charge in [0.2, 0.25) is 5.91 Å². The molecule has 0 spiro atoms. The van der Waals surface area contributed by atoms with Crippen LogP contribution < -0.4 is 0 Å². The Labute approximate surface area is 80.7 Å². The average molecular weight is 187 g/mol. The monoisotopic (exact) mass is 187 g/mol. The molecule has 0 aromatic rings. The number of hydrogen-bond acceptors (Lipinski definition) is 2. The van der Waals surface area contributed by atoms with Crippen molar-refractivity contribution in [2.75, 3.05) is 20.2 Å². The van der Waals surface area contributed by atoms with Crippen molar-refractivity contribution in [2.24, 2.45) is 0 Å². The minimum Gasteiger partial charge on any atom is -0.396 e. The highest BCUT2D eigenvalue weighted by atomic mass is 16.3. The second-order valence-electron chi connectivity index (χ2n) is 3.35. The van der Waals surface area contributed by atoms with Gasteiger partial charge in [-0.05, 0) is 12.8 Å². The summed E-state index contributed by atoms with van der Waals surface area (Å²) in [4.78, 5) is 13.1. The van der Waals surface area contributed by atoms with Gasteiger partial charge in [0.15, 0.2) is 0 Å². The molecule has 0 saturated carbocycles. The number of carbonyl (C=O) groups excluding carboxylic acids is 1. The Bertz CT molecular complexity index is 137. The lowest BCUT2D eigenvalue weighted by Gasteiger charge is -2.16. The number of unbranched alkanes of at least 4 members (excludes halogenated alkanes) is 2. The van der Waals surface area contributed by atoms with Gasteiger partial charge in [-0.15, -0.1) is 0 Å². The van der Waals surface area contributed by atoms with Crippen LogP contribution in [0.5, 0.6) is 0 Å². The van der Waals surface area contributed by atoms with Gasteiger partial charge < -0.3 is 10.0 Å². The molecule has 1 N–H and O–H groups in total. The quantitative estimate of drug-likeness (QED) is 0.612. The number of aliphatic hydroxyl groups excluding tert-OH is 1. The number of nitrogens with zero attached hydrogens (tertiary/aromatic N) is 1. The molecule has 0 aliphatic rings. The van der Waals surface area contributed by atoms with Crippen LogP contribution in [0.1, 0.15) is 39.0 Å². The molecule has 0 rings (SSSR count). The van der Waals surface area contributed by atoms with Crippen molar-refractivity contribution in [3.8, 4) is 0 Å². The summed E-state index contributed by atoms with van der Waals surface area (Å²) in [5.41, 5.74) is 0. The summed E-state index contributed by atoms with van der Waals surface area (Å²) in [6.45, 7) is 2.95. The highest BCUT2D eigenvalue weighted by molar-refractivity contribution is 5.75. The standard InChI is InChI=1S/C10H21NO2/c1-3-4-5-7-10(13)11(2)8-6-9-12/h12H,3-9H2,1-2H3. The zero-order chi connectivity index (χ0) is 10.1. The fourth-order valence-electron chi connectivity index (χ4n) is 1.15. The minimum absolute atomic E-state index is 0.159. The van der Waals surface area contributed by atoms with Gasteiger partial charge in [0.25, 0.3) is 0 Å². The number of hydrogen-bond donors (Lipinski definition) is 1. The van der Waals surface area contributed by atoms with Crippen LogP contribution in [0.15, 0.2) is 0 Å². The summed E-state index contributed by atoms with van der Waals surface area (Å²) in [6, 6.07) is 0. The van der Waals surface area contributed by atoms with Gasteiger partial charge >= 0.3 is 0 Å². The molecular weight excluding hydrogens is 166 g/mol. The Balaban J connectivity index is 3.45. The van der Waals surface area contributed by atoms with Crippen LogP contribution in [0.3, 0.4) is 0 Å². The van der Waals surface area contributed by atoms with Crippen LogP contribution in [0.25, 0.3) is 0 Å². The van der Waals surface area contributed by atoms with E-state index in [4.69, 9.17) is 5.11 Å². The summed E-state index contributed by atoms with van der Waals surface area (Å²) < 4.78 is 0. The molecule has 0 bridgehead atoms. The normalized spacial score (nSPS) is 10.1. The first-order valence-corrected chi connectivity index (χ1v) is 5.07. The number of amides is 1. The summed E-state index contributed by atoms with van der Waals surface area (Å²) in [6.07, 6.45) is 4.58. The third kappa shape index (κ3) is 6.58. The molecule has 0 unspecified atom stereocenters. The maximum absolute atomic E-state index is 11.4. The van der Waals surface area contributed by atoms with Crippen LogP contribution in [0, 0.1) is 0 Å². The van der Waals surface area contributed by atoms with Crippen LogP contribution in [0.2, 0.25) is 0 Å². The molecule has 0 atom stereocenters. The first kappa shape index (κ1) is 12.4. The predicted molar refractivity (Wildman–Crippen MR) is 53.5 cm³/mol. The van der Waals surface area contributed by atoms with Gasteiger partial charge in [-0.25, -0.2) is 0 Å². The first-order chi connectivity index (χ1) is 6.22. The minimum atomic E-state index is 0.159. The van der Waals surface area contributed by atoms with E-state index in [2.05, 4.69) is 6.92 Å². The van der Waals surface area contributed by atoms with E-state index in [0.29, 0.717) is 19.4 Å². The Hall–Kier alpha value is -0.570. The highest BCUT2D eigenvalue weighted by Crippen LogP contribution is 2.02. The van der Waals surface area contributed by atoms with Crippen molar-refractivity contribution in [3.63, 3.8) is 0 Å². The van der Waals surface area contributed by atoms with Gasteiger partial charge in [-0.1, -0.05) is 19.8 Å². The molecule has 0 fully saturated rings. The molecule has 1 amide bonds. The van der Waals surface area contributed by atoms with E-state index in [-0.39, 0.29) is 12.5 Å².